The van der Waals surface area contributed by atoms with Crippen LogP contribution in [0.4, 0.5) is 4.39 Å². The van der Waals surface area contributed by atoms with Crippen LogP contribution in [-0.2, 0) is 9.05 Å². The molecule has 4 nitrogen and oxygen atoms in total. The van der Waals surface area contributed by atoms with Gasteiger partial charge >= 0.3 is 0 Å². The summed E-state index contributed by atoms with van der Waals surface area (Å²) in [6.45, 7) is 0. The monoisotopic (exact) mass is 261 g/mol. The van der Waals surface area contributed by atoms with Crippen molar-refractivity contribution in [3.8, 4) is 11.3 Å². The first-order chi connectivity index (χ1) is 7.48. The van der Waals surface area contributed by atoms with Gasteiger partial charge in [-0.15, -0.1) is 0 Å². The normalized spacial score (nSPS) is 11.6. The third-order valence-electron chi connectivity index (χ3n) is 1.91. The molecule has 1 aromatic heterocycles. The SMILES string of the molecule is O=S(=O)(Cl)c1cnoc1-c1ccc(F)cc1. The third kappa shape index (κ3) is 2.07. The molecule has 0 amide bonds. The van der Waals surface area contributed by atoms with Gasteiger partial charge in [0.2, 0.25) is 0 Å². The van der Waals surface area contributed by atoms with Gasteiger partial charge in [0.05, 0.1) is 6.20 Å². The van der Waals surface area contributed by atoms with Crippen LogP contribution in [0.3, 0.4) is 0 Å². The van der Waals surface area contributed by atoms with Crippen LogP contribution in [0.5, 0.6) is 0 Å². The highest BCUT2D eigenvalue weighted by atomic mass is 35.7. The van der Waals surface area contributed by atoms with Gasteiger partial charge in [0.15, 0.2) is 5.76 Å². The van der Waals surface area contributed by atoms with Crippen molar-refractivity contribution in [2.75, 3.05) is 0 Å². The number of hydrogen-bond acceptors (Lipinski definition) is 4. The van der Waals surface area contributed by atoms with E-state index in [9.17, 15) is 12.8 Å². The summed E-state index contributed by atoms with van der Waals surface area (Å²) in [6.07, 6.45) is 1.00. The van der Waals surface area contributed by atoms with Gasteiger partial charge in [-0.25, -0.2) is 12.8 Å². The largest absolute Gasteiger partial charge is 0.355 e. The topological polar surface area (TPSA) is 60.2 Å². The van der Waals surface area contributed by atoms with Crippen LogP contribution in [-0.4, -0.2) is 13.6 Å². The first kappa shape index (κ1) is 11.1. The van der Waals surface area contributed by atoms with E-state index in [0.717, 1.165) is 6.20 Å². The lowest BCUT2D eigenvalue weighted by Crippen LogP contribution is -1.90. The summed E-state index contributed by atoms with van der Waals surface area (Å²) in [5.74, 6) is -0.437. The van der Waals surface area contributed by atoms with Gasteiger partial charge in [0.25, 0.3) is 9.05 Å². The van der Waals surface area contributed by atoms with Gasteiger partial charge < -0.3 is 4.52 Å². The molecule has 0 aliphatic rings. The molecule has 1 aromatic carbocycles. The molecule has 0 saturated carbocycles. The zero-order valence-corrected chi connectivity index (χ0v) is 9.30. The van der Waals surface area contributed by atoms with Crippen molar-refractivity contribution >= 4 is 19.7 Å². The Hall–Kier alpha value is -1.40. The maximum absolute atomic E-state index is 12.7. The molecule has 2 rings (SSSR count). The Morgan fingerprint density at radius 3 is 2.44 bits per heavy atom. The first-order valence-electron chi connectivity index (χ1n) is 4.14. The first-order valence-corrected chi connectivity index (χ1v) is 6.45. The second-order valence-corrected chi connectivity index (χ2v) is 5.50. The molecule has 0 atom stereocenters. The molecule has 0 spiro atoms. The fraction of sp³-hybridized carbons (Fsp3) is 0. The van der Waals surface area contributed by atoms with E-state index >= 15 is 0 Å². The summed E-state index contributed by atoms with van der Waals surface area (Å²) in [7, 11) is 1.26. The van der Waals surface area contributed by atoms with Crippen LogP contribution in [0.1, 0.15) is 0 Å². The Labute approximate surface area is 95.1 Å². The maximum Gasteiger partial charge on any atom is 0.266 e. The fourth-order valence-corrected chi connectivity index (χ4v) is 2.08. The zero-order chi connectivity index (χ0) is 11.8. The zero-order valence-electron chi connectivity index (χ0n) is 7.72. The van der Waals surface area contributed by atoms with E-state index in [0.29, 0.717) is 5.56 Å². The quantitative estimate of drug-likeness (QED) is 0.779. The number of hydrogen-bond donors (Lipinski definition) is 0. The molecule has 0 radical (unpaired) electrons. The summed E-state index contributed by atoms with van der Waals surface area (Å²) < 4.78 is 39.7. The number of halogens is 2. The summed E-state index contributed by atoms with van der Waals surface area (Å²) in [5.41, 5.74) is 0.387. The predicted molar refractivity (Wildman–Crippen MR) is 54.9 cm³/mol. The van der Waals surface area contributed by atoms with Crippen LogP contribution in [0, 0.1) is 5.82 Å². The fourth-order valence-electron chi connectivity index (χ4n) is 1.20. The molecule has 84 valence electrons. The second kappa shape index (κ2) is 3.88. The minimum atomic E-state index is -3.93. The van der Waals surface area contributed by atoms with Crippen LogP contribution in [0.2, 0.25) is 0 Å². The Balaban J connectivity index is 2.58. The van der Waals surface area contributed by atoms with Gasteiger partial charge in [-0.1, -0.05) is 5.16 Å². The second-order valence-electron chi connectivity index (χ2n) is 2.96. The van der Waals surface area contributed by atoms with E-state index in [4.69, 9.17) is 15.2 Å². The number of rotatable bonds is 2. The Morgan fingerprint density at radius 2 is 1.88 bits per heavy atom. The molecule has 0 unspecified atom stereocenters. The summed E-state index contributed by atoms with van der Waals surface area (Å²) in [4.78, 5) is -0.235. The lowest BCUT2D eigenvalue weighted by atomic mass is 10.2. The average Bonchev–Trinajstić information content (AvgIpc) is 2.66. The molecule has 0 aliphatic carbocycles. The highest BCUT2D eigenvalue weighted by Crippen LogP contribution is 2.29. The highest BCUT2D eigenvalue weighted by molar-refractivity contribution is 8.13. The van der Waals surface area contributed by atoms with E-state index in [1.165, 1.54) is 24.3 Å². The summed E-state index contributed by atoms with van der Waals surface area (Å²) in [5, 5.41) is 3.36. The van der Waals surface area contributed by atoms with Crippen molar-refractivity contribution in [1.29, 1.82) is 0 Å². The minimum absolute atomic E-state index is 0.00463. The molecular formula is C9H5ClFNO3S. The van der Waals surface area contributed by atoms with Gasteiger partial charge in [-0.2, -0.15) is 0 Å². The summed E-state index contributed by atoms with van der Waals surface area (Å²) in [6, 6.07) is 5.12. The number of benzene rings is 1. The molecule has 1 heterocycles. The smallest absolute Gasteiger partial charge is 0.266 e. The molecule has 0 N–H and O–H groups in total. The van der Waals surface area contributed by atoms with Crippen LogP contribution < -0.4 is 0 Å². The predicted octanol–water partition coefficient (Wildman–Crippen LogP) is 2.41. The Morgan fingerprint density at radius 1 is 1.25 bits per heavy atom. The maximum atomic E-state index is 12.7. The van der Waals surface area contributed by atoms with Gasteiger partial charge in [0.1, 0.15) is 10.7 Å². The van der Waals surface area contributed by atoms with E-state index < -0.39 is 14.9 Å². The Kier molecular flexibility index (Phi) is 2.69. The average molecular weight is 262 g/mol. The van der Waals surface area contributed by atoms with E-state index in [1.54, 1.807) is 0 Å². The van der Waals surface area contributed by atoms with Gasteiger partial charge in [-0.05, 0) is 24.3 Å². The molecule has 0 bridgehead atoms. The van der Waals surface area contributed by atoms with Gasteiger partial charge in [0, 0.05) is 16.2 Å². The Bertz CT molecular complexity index is 606. The standard InChI is InChI=1S/C9H5ClFNO3S/c10-16(13,14)8-5-12-15-9(8)6-1-3-7(11)4-2-6/h1-5H. The summed E-state index contributed by atoms with van der Waals surface area (Å²) >= 11 is 0. The van der Waals surface area contributed by atoms with Crippen molar-refractivity contribution in [3.63, 3.8) is 0 Å². The number of nitrogens with zero attached hydrogens (tertiary/aromatic N) is 1. The molecule has 7 heteroatoms. The van der Waals surface area contributed by atoms with Crippen LogP contribution in [0.15, 0.2) is 39.9 Å². The van der Waals surface area contributed by atoms with E-state index in [1.807, 2.05) is 0 Å². The molecule has 0 saturated heterocycles. The molecular weight excluding hydrogens is 257 g/mol. The lowest BCUT2D eigenvalue weighted by Gasteiger charge is -1.97. The highest BCUT2D eigenvalue weighted by Gasteiger charge is 2.21. The van der Waals surface area contributed by atoms with Crippen molar-refractivity contribution in [3.05, 3.63) is 36.3 Å². The van der Waals surface area contributed by atoms with Crippen molar-refractivity contribution in [2.24, 2.45) is 0 Å². The van der Waals surface area contributed by atoms with Crippen molar-refractivity contribution in [1.82, 2.24) is 5.16 Å². The van der Waals surface area contributed by atoms with Gasteiger partial charge in [-0.3, -0.25) is 0 Å². The van der Waals surface area contributed by atoms with Crippen LogP contribution in [0.25, 0.3) is 11.3 Å². The lowest BCUT2D eigenvalue weighted by molar-refractivity contribution is 0.430. The van der Waals surface area contributed by atoms with Crippen molar-refractivity contribution < 1.29 is 17.3 Å². The minimum Gasteiger partial charge on any atom is -0.355 e. The molecule has 0 aliphatic heterocycles. The van der Waals surface area contributed by atoms with Crippen LogP contribution >= 0.6 is 10.7 Å². The molecule has 2 aromatic rings. The third-order valence-corrected chi connectivity index (χ3v) is 3.22. The molecule has 16 heavy (non-hydrogen) atoms. The number of aromatic nitrogens is 1. The van der Waals surface area contributed by atoms with E-state index in [2.05, 4.69) is 5.16 Å². The van der Waals surface area contributed by atoms with E-state index in [-0.39, 0.29) is 10.7 Å². The molecule has 0 fully saturated rings. The van der Waals surface area contributed by atoms with Crippen molar-refractivity contribution in [2.45, 2.75) is 4.90 Å².